The van der Waals surface area contributed by atoms with E-state index in [0.717, 1.165) is 15.8 Å². The van der Waals surface area contributed by atoms with Gasteiger partial charge in [0.15, 0.2) is 6.04 Å². The maximum Gasteiger partial charge on any atom is 0.409 e. The number of nitrogens with zero attached hydrogens (tertiary/aromatic N) is 1. The zero-order valence-corrected chi connectivity index (χ0v) is 16.0. The summed E-state index contributed by atoms with van der Waals surface area (Å²) in [5.74, 6) is -0.180. The Morgan fingerprint density at radius 3 is 2.22 bits per heavy atom. The second-order valence-corrected chi connectivity index (χ2v) is 8.33. The normalized spacial score (nSPS) is 18.9. The van der Waals surface area contributed by atoms with Gasteiger partial charge in [0.1, 0.15) is 0 Å². The Balaban J connectivity index is 2.22. The summed E-state index contributed by atoms with van der Waals surface area (Å²) in [5.41, 5.74) is 2.40. The molecule has 0 bridgehead atoms. The molecule has 1 aliphatic rings. The lowest BCUT2D eigenvalue weighted by atomic mass is 9.89. The van der Waals surface area contributed by atoms with Crippen LogP contribution in [-0.4, -0.2) is 22.6 Å². The van der Waals surface area contributed by atoms with Gasteiger partial charge in [-0.15, -0.1) is 0 Å². The molecule has 3 rings (SSSR count). The molecule has 0 radical (unpaired) electrons. The molecule has 1 atom stereocenters. The van der Waals surface area contributed by atoms with E-state index in [1.54, 1.807) is 19.9 Å². The lowest BCUT2D eigenvalue weighted by molar-refractivity contribution is -0.204. The van der Waals surface area contributed by atoms with Crippen LogP contribution in [0.3, 0.4) is 0 Å². The maximum absolute atomic E-state index is 14.3. The topological polar surface area (TPSA) is 32.3 Å². The van der Waals surface area contributed by atoms with Gasteiger partial charge in [-0.1, -0.05) is 44.2 Å². The summed E-state index contributed by atoms with van der Waals surface area (Å²) in [6.45, 7) is 7.30. The molecule has 2 aromatic carbocycles. The van der Waals surface area contributed by atoms with Crippen LogP contribution in [0, 0.1) is 5.92 Å². The first-order valence-electron chi connectivity index (χ1n) is 9.16. The highest BCUT2D eigenvalue weighted by atomic mass is 19.4. The highest BCUT2D eigenvalue weighted by molar-refractivity contribution is 5.84. The zero-order chi connectivity index (χ0) is 20.0. The van der Waals surface area contributed by atoms with E-state index in [4.69, 9.17) is 0 Å². The fourth-order valence-electron chi connectivity index (χ4n) is 3.86. The van der Waals surface area contributed by atoms with Gasteiger partial charge in [-0.05, 0) is 54.2 Å². The Bertz CT molecular complexity index is 858. The van der Waals surface area contributed by atoms with Crippen LogP contribution in [0.4, 0.5) is 13.2 Å². The number of alkyl halides is 3. The van der Waals surface area contributed by atoms with Crippen molar-refractivity contribution in [3.63, 3.8) is 0 Å². The predicted octanol–water partition coefficient (Wildman–Crippen LogP) is 5.16. The number of halogens is 3. The smallest absolute Gasteiger partial charge is 0.287 e. The summed E-state index contributed by atoms with van der Waals surface area (Å²) in [4.78, 5) is 11.9. The van der Waals surface area contributed by atoms with E-state index in [9.17, 15) is 18.0 Å². The number of hydrogen-bond donors (Lipinski definition) is 1. The Morgan fingerprint density at radius 1 is 1.15 bits per heavy atom. The van der Waals surface area contributed by atoms with Crippen LogP contribution in [0.2, 0.25) is 0 Å². The van der Waals surface area contributed by atoms with Crippen LogP contribution in [-0.2, 0) is 11.2 Å². The number of carbonyl (C=O) groups excluding carboxylic acids is 1. The fourth-order valence-corrected chi connectivity index (χ4v) is 3.86. The summed E-state index contributed by atoms with van der Waals surface area (Å²) in [6.07, 6.45) is -3.95. The molecule has 1 saturated heterocycles. The first-order chi connectivity index (χ1) is 12.5. The Labute approximate surface area is 157 Å². The third kappa shape index (κ3) is 3.95. The first kappa shape index (κ1) is 19.7. The quantitative estimate of drug-likeness (QED) is 0.797. The number of hydrazine groups is 1. The summed E-state index contributed by atoms with van der Waals surface area (Å²) < 4.78 is 42.8. The van der Waals surface area contributed by atoms with Gasteiger partial charge in [-0.25, -0.2) is 0 Å². The first-order valence-corrected chi connectivity index (χ1v) is 9.16. The van der Waals surface area contributed by atoms with E-state index in [-0.39, 0.29) is 23.8 Å². The van der Waals surface area contributed by atoms with Gasteiger partial charge in [0, 0.05) is 12.0 Å². The van der Waals surface area contributed by atoms with Crippen molar-refractivity contribution in [1.82, 2.24) is 10.4 Å². The molecule has 2 aromatic rings. The summed E-state index contributed by atoms with van der Waals surface area (Å²) in [7, 11) is 0. The van der Waals surface area contributed by atoms with E-state index >= 15 is 0 Å². The lowest BCUT2D eigenvalue weighted by Gasteiger charge is -2.39. The van der Waals surface area contributed by atoms with Crippen LogP contribution in [0.15, 0.2) is 36.4 Å². The molecule has 0 saturated carbocycles. The van der Waals surface area contributed by atoms with Gasteiger partial charge in [-0.2, -0.15) is 18.2 Å². The van der Waals surface area contributed by atoms with Gasteiger partial charge in [0.05, 0.1) is 0 Å². The van der Waals surface area contributed by atoms with Gasteiger partial charge in [0.25, 0.3) is 0 Å². The summed E-state index contributed by atoms with van der Waals surface area (Å²) >= 11 is 0. The zero-order valence-electron chi connectivity index (χ0n) is 16.0. The third-order valence-corrected chi connectivity index (χ3v) is 4.99. The van der Waals surface area contributed by atoms with E-state index in [1.165, 1.54) is 0 Å². The van der Waals surface area contributed by atoms with Crippen molar-refractivity contribution in [2.24, 2.45) is 5.92 Å². The van der Waals surface area contributed by atoms with E-state index in [2.05, 4.69) is 5.43 Å². The minimum absolute atomic E-state index is 0.0344. The maximum atomic E-state index is 14.3. The largest absolute Gasteiger partial charge is 0.409 e. The second-order valence-electron chi connectivity index (χ2n) is 8.33. The molecular weight excluding hydrogens is 353 g/mol. The minimum Gasteiger partial charge on any atom is -0.287 e. The Kier molecular flexibility index (Phi) is 4.97. The molecule has 3 nitrogen and oxygen atoms in total. The average Bonchev–Trinajstić information content (AvgIpc) is 2.78. The monoisotopic (exact) mass is 378 g/mol. The van der Waals surface area contributed by atoms with Crippen molar-refractivity contribution >= 4 is 16.7 Å². The predicted molar refractivity (Wildman–Crippen MR) is 100.0 cm³/mol. The van der Waals surface area contributed by atoms with E-state index < -0.39 is 17.8 Å². The van der Waals surface area contributed by atoms with Crippen LogP contribution in [0.25, 0.3) is 10.8 Å². The molecule has 1 fully saturated rings. The number of carbonyl (C=O) groups is 1. The summed E-state index contributed by atoms with van der Waals surface area (Å²) in [5, 5.41) is 2.77. The molecule has 1 N–H and O–H groups in total. The van der Waals surface area contributed by atoms with Gasteiger partial charge >= 0.3 is 6.18 Å². The molecule has 146 valence electrons. The standard InChI is InChI=1S/C21H25F3N2O/c1-13(2)9-16-10-14-7-5-6-8-15(14)11-17(16)19(21(22,23)24)26-20(3,4)12-18(27)25-26/h5-8,10-11,13,19H,9,12H2,1-4H3,(H,25,27)/t19-/m0/s1. The van der Waals surface area contributed by atoms with Crippen LogP contribution < -0.4 is 5.43 Å². The third-order valence-electron chi connectivity index (χ3n) is 4.99. The van der Waals surface area contributed by atoms with Crippen molar-refractivity contribution in [3.8, 4) is 0 Å². The van der Waals surface area contributed by atoms with Crippen LogP contribution >= 0.6 is 0 Å². The van der Waals surface area contributed by atoms with E-state index in [0.29, 0.717) is 12.0 Å². The van der Waals surface area contributed by atoms with Crippen molar-refractivity contribution < 1.29 is 18.0 Å². The number of hydrogen-bond acceptors (Lipinski definition) is 2. The average molecular weight is 378 g/mol. The van der Waals surface area contributed by atoms with Crippen molar-refractivity contribution in [3.05, 3.63) is 47.5 Å². The molecule has 0 spiro atoms. The van der Waals surface area contributed by atoms with Crippen molar-refractivity contribution in [2.75, 3.05) is 0 Å². The highest BCUT2D eigenvalue weighted by Crippen LogP contribution is 2.44. The SMILES string of the molecule is CC(C)Cc1cc2ccccc2cc1[C@H](N1NC(=O)CC1(C)C)C(F)(F)F. The molecule has 0 aromatic heterocycles. The molecular formula is C21H25F3N2O. The molecule has 1 heterocycles. The Morgan fingerprint density at radius 2 is 1.74 bits per heavy atom. The van der Waals surface area contributed by atoms with E-state index in [1.807, 2.05) is 44.2 Å². The number of rotatable bonds is 4. The molecule has 0 aliphatic carbocycles. The van der Waals surface area contributed by atoms with Crippen LogP contribution in [0.1, 0.15) is 51.3 Å². The number of nitrogens with one attached hydrogen (secondary N) is 1. The van der Waals surface area contributed by atoms with Gasteiger partial charge < -0.3 is 0 Å². The molecule has 1 amide bonds. The minimum atomic E-state index is -4.52. The van der Waals surface area contributed by atoms with Gasteiger partial charge in [0.2, 0.25) is 5.91 Å². The lowest BCUT2D eigenvalue weighted by Crippen LogP contribution is -2.51. The molecule has 0 unspecified atom stereocenters. The number of benzene rings is 2. The van der Waals surface area contributed by atoms with Gasteiger partial charge in [-0.3, -0.25) is 10.2 Å². The van der Waals surface area contributed by atoms with Crippen molar-refractivity contribution in [2.45, 2.75) is 58.3 Å². The second kappa shape index (κ2) is 6.82. The molecule has 1 aliphatic heterocycles. The van der Waals surface area contributed by atoms with Crippen molar-refractivity contribution in [1.29, 1.82) is 0 Å². The molecule has 6 heteroatoms. The van der Waals surface area contributed by atoms with Crippen LogP contribution in [0.5, 0.6) is 0 Å². The summed E-state index contributed by atoms with van der Waals surface area (Å²) in [6, 6.07) is 9.02. The number of amides is 1. The highest BCUT2D eigenvalue weighted by Gasteiger charge is 2.53. The molecule has 27 heavy (non-hydrogen) atoms. The Hall–Kier alpha value is -2.08. The number of fused-ring (bicyclic) bond motifs is 1. The fraction of sp³-hybridized carbons (Fsp3) is 0.476.